The Bertz CT molecular complexity index is 838. The van der Waals surface area contributed by atoms with Gasteiger partial charge in [-0.05, 0) is 22.6 Å². The molecule has 0 aliphatic carbocycles. The van der Waals surface area contributed by atoms with Gasteiger partial charge < -0.3 is 0 Å². The second-order valence-corrected chi connectivity index (χ2v) is 8.29. The lowest BCUT2D eigenvalue weighted by Gasteiger charge is -2.19. The summed E-state index contributed by atoms with van der Waals surface area (Å²) in [5.74, 6) is 0. The Morgan fingerprint density at radius 2 is 1.71 bits per heavy atom. The number of non-ortho nitro benzene ring substituents is 1. The van der Waals surface area contributed by atoms with Crippen molar-refractivity contribution in [1.82, 2.24) is 4.72 Å². The number of sulfonamides is 1. The molecular weight excluding hydrogens is 328 g/mol. The molecule has 0 radical (unpaired) electrons. The summed E-state index contributed by atoms with van der Waals surface area (Å²) >= 11 is 0. The molecule has 0 unspecified atom stereocenters. The molecule has 128 valence electrons. The third-order valence-electron chi connectivity index (χ3n) is 3.63. The first-order valence-electron chi connectivity index (χ1n) is 7.43. The Labute approximate surface area is 141 Å². The lowest BCUT2D eigenvalue weighted by molar-refractivity contribution is -0.385. The van der Waals surface area contributed by atoms with Crippen molar-refractivity contribution in [2.75, 3.05) is 0 Å². The van der Waals surface area contributed by atoms with Gasteiger partial charge in [-0.2, -0.15) is 0 Å². The van der Waals surface area contributed by atoms with Crippen molar-refractivity contribution in [3.8, 4) is 0 Å². The minimum absolute atomic E-state index is 0.0288. The van der Waals surface area contributed by atoms with E-state index in [0.717, 1.165) is 17.2 Å². The van der Waals surface area contributed by atoms with Gasteiger partial charge in [0, 0.05) is 18.7 Å². The molecule has 0 fully saturated rings. The highest BCUT2D eigenvalue weighted by atomic mass is 32.2. The Hall–Kier alpha value is -2.25. The van der Waals surface area contributed by atoms with Crippen LogP contribution in [-0.2, 0) is 22.0 Å². The van der Waals surface area contributed by atoms with Crippen molar-refractivity contribution in [1.29, 1.82) is 0 Å². The van der Waals surface area contributed by atoms with E-state index >= 15 is 0 Å². The van der Waals surface area contributed by atoms with E-state index in [4.69, 9.17) is 0 Å². The smallest absolute Gasteiger partial charge is 0.258 e. The Balaban J connectivity index is 2.13. The van der Waals surface area contributed by atoms with Crippen LogP contribution in [0, 0.1) is 10.1 Å². The van der Waals surface area contributed by atoms with E-state index in [1.165, 1.54) is 18.2 Å². The van der Waals surface area contributed by atoms with Crippen molar-refractivity contribution in [3.63, 3.8) is 0 Å². The van der Waals surface area contributed by atoms with Crippen LogP contribution >= 0.6 is 0 Å². The first-order chi connectivity index (χ1) is 11.1. The SMILES string of the molecule is CC(C)(C)c1ccc(CNS(=O)(=O)c2cccc([N+](=O)[O-])c2)cc1. The van der Waals surface area contributed by atoms with Gasteiger partial charge in [0.15, 0.2) is 0 Å². The fraction of sp³-hybridized carbons (Fsp3) is 0.294. The third kappa shape index (κ3) is 4.39. The van der Waals surface area contributed by atoms with Crippen LogP contribution in [0.1, 0.15) is 31.9 Å². The molecule has 0 aliphatic rings. The molecule has 7 heteroatoms. The highest BCUT2D eigenvalue weighted by Gasteiger charge is 2.18. The van der Waals surface area contributed by atoms with Crippen LogP contribution in [0.25, 0.3) is 0 Å². The van der Waals surface area contributed by atoms with Gasteiger partial charge in [0.2, 0.25) is 10.0 Å². The van der Waals surface area contributed by atoms with E-state index in [1.54, 1.807) is 0 Å². The maximum atomic E-state index is 12.3. The van der Waals surface area contributed by atoms with Crippen LogP contribution in [0.2, 0.25) is 0 Å². The summed E-state index contributed by atoms with van der Waals surface area (Å²) in [5, 5.41) is 10.8. The molecule has 0 amide bonds. The molecule has 2 rings (SSSR count). The first-order valence-corrected chi connectivity index (χ1v) is 8.91. The highest BCUT2D eigenvalue weighted by Crippen LogP contribution is 2.22. The zero-order chi connectivity index (χ0) is 18.0. The molecule has 0 aromatic heterocycles. The number of hydrogen-bond acceptors (Lipinski definition) is 4. The van der Waals surface area contributed by atoms with Gasteiger partial charge >= 0.3 is 0 Å². The van der Waals surface area contributed by atoms with Crippen LogP contribution in [0.4, 0.5) is 5.69 Å². The van der Waals surface area contributed by atoms with Crippen molar-refractivity contribution >= 4 is 15.7 Å². The van der Waals surface area contributed by atoms with Gasteiger partial charge in [0.1, 0.15) is 0 Å². The molecule has 2 aromatic rings. The van der Waals surface area contributed by atoms with Gasteiger partial charge in [0.25, 0.3) is 5.69 Å². The topological polar surface area (TPSA) is 89.3 Å². The third-order valence-corrected chi connectivity index (χ3v) is 5.02. The summed E-state index contributed by atoms with van der Waals surface area (Å²) in [6.07, 6.45) is 0. The number of benzene rings is 2. The van der Waals surface area contributed by atoms with Crippen molar-refractivity contribution in [2.45, 2.75) is 37.6 Å². The summed E-state index contributed by atoms with van der Waals surface area (Å²) in [5.41, 5.74) is 1.75. The van der Waals surface area contributed by atoms with E-state index in [-0.39, 0.29) is 22.5 Å². The molecule has 0 aliphatic heterocycles. The first kappa shape index (κ1) is 18.1. The number of rotatable bonds is 5. The maximum absolute atomic E-state index is 12.3. The predicted octanol–water partition coefficient (Wildman–Crippen LogP) is 3.37. The molecule has 2 aromatic carbocycles. The molecule has 1 N–H and O–H groups in total. The van der Waals surface area contributed by atoms with Crippen LogP contribution in [0.15, 0.2) is 53.4 Å². The minimum atomic E-state index is -3.81. The highest BCUT2D eigenvalue weighted by molar-refractivity contribution is 7.89. The summed E-state index contributed by atoms with van der Waals surface area (Å²) in [4.78, 5) is 10.0. The fourth-order valence-electron chi connectivity index (χ4n) is 2.15. The van der Waals surface area contributed by atoms with Gasteiger partial charge in [-0.25, -0.2) is 13.1 Å². The molecule has 0 spiro atoms. The second-order valence-electron chi connectivity index (χ2n) is 6.53. The zero-order valence-corrected chi connectivity index (χ0v) is 14.6. The molecule has 6 nitrogen and oxygen atoms in total. The lowest BCUT2D eigenvalue weighted by atomic mass is 9.87. The van der Waals surface area contributed by atoms with E-state index in [9.17, 15) is 18.5 Å². The Morgan fingerprint density at radius 3 is 2.25 bits per heavy atom. The number of nitro benzene ring substituents is 1. The maximum Gasteiger partial charge on any atom is 0.270 e. The summed E-state index contributed by atoms with van der Waals surface area (Å²) in [6, 6.07) is 12.7. The van der Waals surface area contributed by atoms with Gasteiger partial charge in [-0.1, -0.05) is 51.1 Å². The monoisotopic (exact) mass is 348 g/mol. The summed E-state index contributed by atoms with van der Waals surface area (Å²) in [6.45, 7) is 6.43. The normalized spacial score (nSPS) is 12.1. The second kappa shape index (κ2) is 6.70. The van der Waals surface area contributed by atoms with Gasteiger partial charge in [0.05, 0.1) is 9.82 Å². The average Bonchev–Trinajstić information content (AvgIpc) is 2.53. The number of hydrogen-bond donors (Lipinski definition) is 1. The van der Waals surface area contributed by atoms with E-state index < -0.39 is 14.9 Å². The summed E-state index contributed by atoms with van der Waals surface area (Å²) < 4.78 is 27.0. The van der Waals surface area contributed by atoms with Crippen molar-refractivity contribution in [2.24, 2.45) is 0 Å². The quantitative estimate of drug-likeness (QED) is 0.662. The Kier molecular flexibility index (Phi) is 5.05. The zero-order valence-electron chi connectivity index (χ0n) is 13.8. The van der Waals surface area contributed by atoms with Crippen LogP contribution < -0.4 is 4.72 Å². The van der Waals surface area contributed by atoms with Crippen LogP contribution in [-0.4, -0.2) is 13.3 Å². The van der Waals surface area contributed by atoms with E-state index in [1.807, 2.05) is 24.3 Å². The molecule has 0 saturated carbocycles. The van der Waals surface area contributed by atoms with E-state index in [2.05, 4.69) is 25.5 Å². The molecular formula is C17H20N2O4S. The van der Waals surface area contributed by atoms with E-state index in [0.29, 0.717) is 0 Å². The average molecular weight is 348 g/mol. The number of nitro groups is 1. The Morgan fingerprint density at radius 1 is 1.08 bits per heavy atom. The number of nitrogens with zero attached hydrogens (tertiary/aromatic N) is 1. The van der Waals surface area contributed by atoms with Crippen LogP contribution in [0.5, 0.6) is 0 Å². The van der Waals surface area contributed by atoms with Crippen LogP contribution in [0.3, 0.4) is 0 Å². The van der Waals surface area contributed by atoms with Crippen molar-refractivity contribution in [3.05, 3.63) is 69.8 Å². The molecule has 0 heterocycles. The molecule has 0 saturated heterocycles. The molecule has 0 atom stereocenters. The molecule has 0 bridgehead atoms. The van der Waals surface area contributed by atoms with Gasteiger partial charge in [-0.15, -0.1) is 0 Å². The fourth-order valence-corrected chi connectivity index (χ4v) is 3.21. The largest absolute Gasteiger partial charge is 0.270 e. The predicted molar refractivity (Wildman–Crippen MR) is 92.3 cm³/mol. The summed E-state index contributed by atoms with van der Waals surface area (Å²) in [7, 11) is -3.81. The molecule has 24 heavy (non-hydrogen) atoms. The standard InChI is InChI=1S/C17H20N2O4S/c1-17(2,3)14-9-7-13(8-10-14)12-18-24(22,23)16-6-4-5-15(11-16)19(20)21/h4-11,18H,12H2,1-3H3. The lowest BCUT2D eigenvalue weighted by Crippen LogP contribution is -2.23. The minimum Gasteiger partial charge on any atom is -0.258 e. The number of nitrogens with one attached hydrogen (secondary N) is 1. The van der Waals surface area contributed by atoms with Gasteiger partial charge in [-0.3, -0.25) is 10.1 Å². The van der Waals surface area contributed by atoms with Crippen molar-refractivity contribution < 1.29 is 13.3 Å².